The zero-order valence-electron chi connectivity index (χ0n) is 9.99. The standard InChI is InChI=1S/C12H18N2O2/c1-4-14(3)11(15)8-16-12-9(2)6-5-7-10(12)13/h5-7H,4,8,13H2,1-3H3. The van der Waals surface area contributed by atoms with Gasteiger partial charge in [-0.25, -0.2) is 0 Å². The van der Waals surface area contributed by atoms with Gasteiger partial charge in [0, 0.05) is 13.6 Å². The van der Waals surface area contributed by atoms with Crippen molar-refractivity contribution in [1.29, 1.82) is 0 Å². The van der Waals surface area contributed by atoms with E-state index in [-0.39, 0.29) is 12.5 Å². The van der Waals surface area contributed by atoms with Crippen LogP contribution in [0.15, 0.2) is 18.2 Å². The van der Waals surface area contributed by atoms with Gasteiger partial charge in [-0.05, 0) is 25.5 Å². The van der Waals surface area contributed by atoms with Gasteiger partial charge in [-0.2, -0.15) is 0 Å². The van der Waals surface area contributed by atoms with Crippen LogP contribution in [0.5, 0.6) is 5.75 Å². The number of rotatable bonds is 4. The average molecular weight is 222 g/mol. The summed E-state index contributed by atoms with van der Waals surface area (Å²) in [5.74, 6) is 0.547. The van der Waals surface area contributed by atoms with E-state index >= 15 is 0 Å². The van der Waals surface area contributed by atoms with Crippen LogP contribution >= 0.6 is 0 Å². The zero-order valence-corrected chi connectivity index (χ0v) is 9.99. The van der Waals surface area contributed by atoms with E-state index in [2.05, 4.69) is 0 Å². The highest BCUT2D eigenvalue weighted by Gasteiger charge is 2.10. The molecule has 0 fully saturated rings. The molecule has 0 spiro atoms. The molecule has 0 aliphatic heterocycles. The van der Waals surface area contributed by atoms with Crippen LogP contribution in [0.25, 0.3) is 0 Å². The van der Waals surface area contributed by atoms with Crippen molar-refractivity contribution in [2.75, 3.05) is 25.9 Å². The Balaban J connectivity index is 2.65. The predicted molar refractivity (Wildman–Crippen MR) is 64.4 cm³/mol. The highest BCUT2D eigenvalue weighted by Crippen LogP contribution is 2.25. The zero-order chi connectivity index (χ0) is 12.1. The number of benzene rings is 1. The number of nitrogens with two attached hydrogens (primary N) is 1. The molecule has 0 bridgehead atoms. The van der Waals surface area contributed by atoms with E-state index in [1.54, 1.807) is 18.0 Å². The molecule has 0 aromatic heterocycles. The Hall–Kier alpha value is -1.71. The minimum absolute atomic E-state index is 0.0272. The molecular weight excluding hydrogens is 204 g/mol. The Morgan fingerprint density at radius 1 is 1.50 bits per heavy atom. The molecule has 1 amide bonds. The van der Waals surface area contributed by atoms with Crippen molar-refractivity contribution in [3.63, 3.8) is 0 Å². The molecule has 0 radical (unpaired) electrons. The van der Waals surface area contributed by atoms with Gasteiger partial charge in [-0.15, -0.1) is 0 Å². The molecule has 2 N–H and O–H groups in total. The number of ether oxygens (including phenoxy) is 1. The lowest BCUT2D eigenvalue weighted by atomic mass is 10.2. The second-order valence-corrected chi connectivity index (χ2v) is 3.69. The summed E-state index contributed by atoms with van der Waals surface area (Å²) in [5.41, 5.74) is 7.27. The summed E-state index contributed by atoms with van der Waals surface area (Å²) < 4.78 is 5.44. The lowest BCUT2D eigenvalue weighted by Gasteiger charge is -2.16. The summed E-state index contributed by atoms with van der Waals surface area (Å²) >= 11 is 0. The third kappa shape index (κ3) is 2.89. The Kier molecular flexibility index (Phi) is 4.17. The molecule has 16 heavy (non-hydrogen) atoms. The molecular formula is C12H18N2O2. The minimum Gasteiger partial charge on any atom is -0.481 e. The normalized spacial score (nSPS) is 9.94. The van der Waals surface area contributed by atoms with Crippen molar-refractivity contribution in [2.45, 2.75) is 13.8 Å². The first-order chi connectivity index (χ1) is 7.56. The van der Waals surface area contributed by atoms with E-state index in [0.717, 1.165) is 5.56 Å². The summed E-state index contributed by atoms with van der Waals surface area (Å²) in [6.45, 7) is 4.52. The molecule has 4 nitrogen and oxygen atoms in total. The van der Waals surface area contributed by atoms with Crippen molar-refractivity contribution < 1.29 is 9.53 Å². The molecule has 4 heteroatoms. The van der Waals surface area contributed by atoms with E-state index in [9.17, 15) is 4.79 Å². The Labute approximate surface area is 96.0 Å². The highest BCUT2D eigenvalue weighted by molar-refractivity contribution is 5.77. The van der Waals surface area contributed by atoms with Gasteiger partial charge in [0.25, 0.3) is 5.91 Å². The molecule has 0 aliphatic rings. The third-order valence-electron chi connectivity index (χ3n) is 2.48. The molecule has 88 valence electrons. The maximum absolute atomic E-state index is 11.5. The molecule has 0 heterocycles. The number of nitrogens with zero attached hydrogens (tertiary/aromatic N) is 1. The third-order valence-corrected chi connectivity index (χ3v) is 2.48. The van der Waals surface area contributed by atoms with Crippen LogP contribution in [-0.2, 0) is 4.79 Å². The SMILES string of the molecule is CCN(C)C(=O)COc1c(C)cccc1N. The fourth-order valence-corrected chi connectivity index (χ4v) is 1.29. The number of aryl methyl sites for hydroxylation is 1. The van der Waals surface area contributed by atoms with Gasteiger partial charge < -0.3 is 15.4 Å². The van der Waals surface area contributed by atoms with Crippen LogP contribution < -0.4 is 10.5 Å². The lowest BCUT2D eigenvalue weighted by Crippen LogP contribution is -2.31. The van der Waals surface area contributed by atoms with Crippen LogP contribution in [0.1, 0.15) is 12.5 Å². The number of anilines is 1. The van der Waals surface area contributed by atoms with Crippen LogP contribution in [0.3, 0.4) is 0 Å². The van der Waals surface area contributed by atoms with Gasteiger partial charge in [0.15, 0.2) is 6.61 Å². The Morgan fingerprint density at radius 3 is 2.75 bits per heavy atom. The summed E-state index contributed by atoms with van der Waals surface area (Å²) in [7, 11) is 1.74. The average Bonchev–Trinajstić information content (AvgIpc) is 2.27. The van der Waals surface area contributed by atoms with Crippen molar-refractivity contribution >= 4 is 11.6 Å². The van der Waals surface area contributed by atoms with Gasteiger partial charge in [0.2, 0.25) is 0 Å². The number of hydrogen-bond acceptors (Lipinski definition) is 3. The molecule has 0 atom stereocenters. The van der Waals surface area contributed by atoms with Crippen molar-refractivity contribution in [1.82, 2.24) is 4.90 Å². The van der Waals surface area contributed by atoms with E-state index in [1.807, 2.05) is 26.0 Å². The molecule has 0 saturated heterocycles. The molecule has 0 saturated carbocycles. The minimum atomic E-state index is -0.0508. The first-order valence-corrected chi connectivity index (χ1v) is 5.28. The quantitative estimate of drug-likeness (QED) is 0.784. The summed E-state index contributed by atoms with van der Waals surface area (Å²) in [5, 5.41) is 0. The van der Waals surface area contributed by atoms with Crippen molar-refractivity contribution in [3.05, 3.63) is 23.8 Å². The van der Waals surface area contributed by atoms with E-state index in [0.29, 0.717) is 18.0 Å². The molecule has 1 aromatic rings. The number of nitrogen functional groups attached to an aromatic ring is 1. The van der Waals surface area contributed by atoms with Gasteiger partial charge in [-0.1, -0.05) is 12.1 Å². The number of carbonyl (C=O) groups excluding carboxylic acids is 1. The second-order valence-electron chi connectivity index (χ2n) is 3.69. The van der Waals surface area contributed by atoms with Crippen LogP contribution in [0, 0.1) is 6.92 Å². The number of hydrogen-bond donors (Lipinski definition) is 1. The van der Waals surface area contributed by atoms with E-state index in [4.69, 9.17) is 10.5 Å². The highest BCUT2D eigenvalue weighted by atomic mass is 16.5. The largest absolute Gasteiger partial charge is 0.481 e. The van der Waals surface area contributed by atoms with E-state index in [1.165, 1.54) is 0 Å². The van der Waals surface area contributed by atoms with Gasteiger partial charge in [-0.3, -0.25) is 4.79 Å². The van der Waals surface area contributed by atoms with E-state index < -0.39 is 0 Å². The molecule has 0 aliphatic carbocycles. The summed E-state index contributed by atoms with van der Waals surface area (Å²) in [6.07, 6.45) is 0. The van der Waals surface area contributed by atoms with Crippen LogP contribution in [0.2, 0.25) is 0 Å². The molecule has 0 unspecified atom stereocenters. The fraction of sp³-hybridized carbons (Fsp3) is 0.417. The summed E-state index contributed by atoms with van der Waals surface area (Å²) in [4.78, 5) is 13.1. The first-order valence-electron chi connectivity index (χ1n) is 5.28. The van der Waals surface area contributed by atoms with Crippen LogP contribution in [-0.4, -0.2) is 31.0 Å². The number of likely N-dealkylation sites (N-methyl/N-ethyl adjacent to an activating group) is 1. The number of amides is 1. The second kappa shape index (κ2) is 5.39. The number of carbonyl (C=O) groups is 1. The molecule has 1 aromatic carbocycles. The Bertz CT molecular complexity index is 357. The Morgan fingerprint density at radius 2 is 2.19 bits per heavy atom. The lowest BCUT2D eigenvalue weighted by molar-refractivity contribution is -0.131. The van der Waals surface area contributed by atoms with Crippen molar-refractivity contribution in [3.8, 4) is 5.75 Å². The van der Waals surface area contributed by atoms with Gasteiger partial charge in [0.1, 0.15) is 5.75 Å². The van der Waals surface area contributed by atoms with Crippen LogP contribution in [0.4, 0.5) is 5.69 Å². The smallest absolute Gasteiger partial charge is 0.260 e. The van der Waals surface area contributed by atoms with Crippen molar-refractivity contribution in [2.24, 2.45) is 0 Å². The van der Waals surface area contributed by atoms with Gasteiger partial charge in [0.05, 0.1) is 5.69 Å². The molecule has 1 rings (SSSR count). The maximum atomic E-state index is 11.5. The fourth-order valence-electron chi connectivity index (χ4n) is 1.29. The topological polar surface area (TPSA) is 55.6 Å². The predicted octanol–water partition coefficient (Wildman–Crippen LogP) is 1.43. The summed E-state index contributed by atoms with van der Waals surface area (Å²) in [6, 6.07) is 5.52. The van der Waals surface area contributed by atoms with Gasteiger partial charge >= 0.3 is 0 Å². The maximum Gasteiger partial charge on any atom is 0.260 e. The monoisotopic (exact) mass is 222 g/mol. The first kappa shape index (κ1) is 12.4. The number of para-hydroxylation sites is 1.